The Morgan fingerprint density at radius 1 is 1.12 bits per heavy atom. The minimum absolute atomic E-state index is 0.0826. The highest BCUT2D eigenvalue weighted by Gasteiger charge is 2.28. The number of anilines is 1. The van der Waals surface area contributed by atoms with Gasteiger partial charge in [0.15, 0.2) is 9.84 Å². The summed E-state index contributed by atoms with van der Waals surface area (Å²) in [6.07, 6.45) is 1.55. The van der Waals surface area contributed by atoms with Crippen LogP contribution >= 0.6 is 11.6 Å². The zero-order chi connectivity index (χ0) is 23.2. The predicted molar refractivity (Wildman–Crippen MR) is 123 cm³/mol. The molecule has 2 heterocycles. The van der Waals surface area contributed by atoms with Crippen molar-refractivity contribution < 1.29 is 23.1 Å². The van der Waals surface area contributed by atoms with E-state index in [-0.39, 0.29) is 21.8 Å². The van der Waals surface area contributed by atoms with E-state index in [0.29, 0.717) is 38.8 Å². The van der Waals surface area contributed by atoms with Crippen molar-refractivity contribution in [2.24, 2.45) is 0 Å². The molecule has 164 valence electrons. The minimum Gasteiger partial charge on any atom is -0.478 e. The number of fused-ring (bicyclic) bond motifs is 1. The van der Waals surface area contributed by atoms with Crippen molar-refractivity contribution in [1.29, 1.82) is 0 Å². The van der Waals surface area contributed by atoms with Crippen molar-refractivity contribution in [2.45, 2.75) is 24.5 Å². The molecule has 1 aliphatic heterocycles. The van der Waals surface area contributed by atoms with E-state index in [1.54, 1.807) is 50.3 Å². The average Bonchev–Trinajstić information content (AvgIpc) is 3.18. The van der Waals surface area contributed by atoms with Crippen molar-refractivity contribution in [3.63, 3.8) is 0 Å². The lowest BCUT2D eigenvalue weighted by molar-refractivity contribution is -0.110. The number of aromatic amines is 1. The second-order valence-corrected chi connectivity index (χ2v) is 10.00. The summed E-state index contributed by atoms with van der Waals surface area (Å²) in [5.74, 6) is -1.66. The summed E-state index contributed by atoms with van der Waals surface area (Å²) >= 11 is 5.87. The molecule has 4 rings (SSSR count). The molecule has 32 heavy (non-hydrogen) atoms. The molecule has 7 nitrogen and oxygen atoms in total. The number of nitrogens with one attached hydrogen (secondary N) is 2. The van der Waals surface area contributed by atoms with Gasteiger partial charge in [-0.3, -0.25) is 4.79 Å². The van der Waals surface area contributed by atoms with Gasteiger partial charge in [-0.05, 0) is 61.4 Å². The van der Waals surface area contributed by atoms with E-state index in [9.17, 15) is 23.1 Å². The van der Waals surface area contributed by atoms with Crippen molar-refractivity contribution in [3.05, 3.63) is 81.1 Å². The Bertz CT molecular complexity index is 1400. The fourth-order valence-corrected chi connectivity index (χ4v) is 5.27. The topological polar surface area (TPSA) is 116 Å². The maximum Gasteiger partial charge on any atom is 0.337 e. The zero-order valence-electron chi connectivity index (χ0n) is 17.2. The van der Waals surface area contributed by atoms with Gasteiger partial charge in [-0.1, -0.05) is 23.7 Å². The number of hydrogen-bond donors (Lipinski definition) is 3. The van der Waals surface area contributed by atoms with E-state index in [2.05, 4.69) is 10.3 Å². The van der Waals surface area contributed by atoms with Gasteiger partial charge in [-0.15, -0.1) is 0 Å². The van der Waals surface area contributed by atoms with Crippen LogP contribution in [0.2, 0.25) is 5.02 Å². The standard InChI is InChI=1S/C23H19ClN2O5S/c1-12-20(25-13(2)21(12)23(28)29)10-18-17-9-16(7-8-19(17)26-22(18)27)32(30,31)11-14-3-5-15(24)6-4-14/h3-10,25H,11H2,1-2H3,(H,26,27)(H,28,29)/b18-10-. The molecule has 0 unspecified atom stereocenters. The number of sulfone groups is 1. The van der Waals surface area contributed by atoms with Gasteiger partial charge < -0.3 is 15.4 Å². The predicted octanol–water partition coefficient (Wildman–Crippen LogP) is 4.45. The summed E-state index contributed by atoms with van der Waals surface area (Å²) in [5.41, 5.74) is 3.38. The Labute approximate surface area is 189 Å². The lowest BCUT2D eigenvalue weighted by Crippen LogP contribution is -2.05. The number of carboxylic acids is 1. The van der Waals surface area contributed by atoms with Crippen LogP contribution in [0.3, 0.4) is 0 Å². The maximum absolute atomic E-state index is 13.0. The molecule has 9 heteroatoms. The molecule has 1 aromatic heterocycles. The van der Waals surface area contributed by atoms with E-state index in [4.69, 9.17) is 11.6 Å². The monoisotopic (exact) mass is 470 g/mol. The molecule has 0 bridgehead atoms. The number of amides is 1. The van der Waals surface area contributed by atoms with E-state index in [1.165, 1.54) is 12.1 Å². The van der Waals surface area contributed by atoms with E-state index >= 15 is 0 Å². The Kier molecular flexibility index (Phi) is 5.44. The first-order chi connectivity index (χ1) is 15.1. The van der Waals surface area contributed by atoms with E-state index in [0.717, 1.165) is 0 Å². The second kappa shape index (κ2) is 7.96. The highest BCUT2D eigenvalue weighted by Crippen LogP contribution is 2.36. The summed E-state index contributed by atoms with van der Waals surface area (Å²) in [4.78, 5) is 27.1. The van der Waals surface area contributed by atoms with Crippen LogP contribution in [0.1, 0.15) is 38.4 Å². The molecule has 3 N–H and O–H groups in total. The summed E-state index contributed by atoms with van der Waals surface area (Å²) in [6.45, 7) is 3.29. The van der Waals surface area contributed by atoms with Crippen LogP contribution in [0.25, 0.3) is 11.6 Å². The number of carbonyl (C=O) groups excluding carboxylic acids is 1. The first kappa shape index (κ1) is 21.9. The number of aromatic nitrogens is 1. The number of H-pyrrole nitrogens is 1. The molecule has 0 spiro atoms. The number of benzene rings is 2. The third kappa shape index (κ3) is 3.94. The third-order valence-corrected chi connectivity index (χ3v) is 7.32. The molecule has 0 saturated carbocycles. The number of carboxylic acid groups (broad SMARTS) is 1. The SMILES string of the molecule is Cc1[nH]c(/C=C2\C(=O)Nc3ccc(S(=O)(=O)Cc4ccc(Cl)cc4)cc32)c(C)c1C(=O)O. The number of hydrogen-bond acceptors (Lipinski definition) is 4. The number of halogens is 1. The minimum atomic E-state index is -3.68. The zero-order valence-corrected chi connectivity index (χ0v) is 18.8. The smallest absolute Gasteiger partial charge is 0.337 e. The lowest BCUT2D eigenvalue weighted by Gasteiger charge is -2.07. The molecule has 1 aliphatic rings. The van der Waals surface area contributed by atoms with Gasteiger partial charge in [0.25, 0.3) is 5.91 Å². The second-order valence-electron chi connectivity index (χ2n) is 7.57. The highest BCUT2D eigenvalue weighted by atomic mass is 35.5. The van der Waals surface area contributed by atoms with E-state index in [1.807, 2.05) is 0 Å². The first-order valence-corrected chi connectivity index (χ1v) is 11.7. The van der Waals surface area contributed by atoms with Crippen LogP contribution in [0.5, 0.6) is 0 Å². The van der Waals surface area contributed by atoms with Crippen LogP contribution in [0.15, 0.2) is 47.4 Å². The van der Waals surface area contributed by atoms with Crippen LogP contribution in [-0.4, -0.2) is 30.4 Å². The summed E-state index contributed by atoms with van der Waals surface area (Å²) in [5, 5.41) is 12.6. The van der Waals surface area contributed by atoms with Crippen LogP contribution < -0.4 is 5.32 Å². The van der Waals surface area contributed by atoms with Gasteiger partial charge in [0.05, 0.1) is 21.8 Å². The van der Waals surface area contributed by atoms with E-state index < -0.39 is 21.7 Å². The summed E-state index contributed by atoms with van der Waals surface area (Å²) in [7, 11) is -3.68. The molecule has 0 fully saturated rings. The van der Waals surface area contributed by atoms with Crippen LogP contribution in [-0.2, 0) is 20.4 Å². The maximum atomic E-state index is 13.0. The molecular formula is C23H19ClN2O5S. The number of rotatable bonds is 5. The fraction of sp³-hybridized carbons (Fsp3) is 0.130. The Morgan fingerprint density at radius 2 is 1.81 bits per heavy atom. The van der Waals surface area contributed by atoms with Gasteiger partial charge in [-0.25, -0.2) is 13.2 Å². The van der Waals surface area contributed by atoms with Gasteiger partial charge >= 0.3 is 5.97 Å². The van der Waals surface area contributed by atoms with Crippen LogP contribution in [0, 0.1) is 13.8 Å². The van der Waals surface area contributed by atoms with Crippen molar-refractivity contribution in [3.8, 4) is 0 Å². The molecular weight excluding hydrogens is 452 g/mol. The summed E-state index contributed by atoms with van der Waals surface area (Å²) in [6, 6.07) is 11.0. The number of carbonyl (C=O) groups is 2. The summed E-state index contributed by atoms with van der Waals surface area (Å²) < 4.78 is 26.0. The van der Waals surface area contributed by atoms with Gasteiger partial charge in [0.2, 0.25) is 0 Å². The molecule has 1 amide bonds. The van der Waals surface area contributed by atoms with Crippen molar-refractivity contribution in [1.82, 2.24) is 4.98 Å². The normalized spacial score (nSPS) is 14.5. The quantitative estimate of drug-likeness (QED) is 0.476. The van der Waals surface area contributed by atoms with Gasteiger partial charge in [0, 0.05) is 27.7 Å². The molecule has 0 radical (unpaired) electrons. The van der Waals surface area contributed by atoms with Gasteiger partial charge in [0.1, 0.15) is 0 Å². The Hall–Kier alpha value is -3.36. The molecule has 0 aliphatic carbocycles. The largest absolute Gasteiger partial charge is 0.478 e. The van der Waals surface area contributed by atoms with Gasteiger partial charge in [-0.2, -0.15) is 0 Å². The Morgan fingerprint density at radius 3 is 2.44 bits per heavy atom. The molecule has 3 aromatic rings. The van der Waals surface area contributed by atoms with Crippen LogP contribution in [0.4, 0.5) is 5.69 Å². The Balaban J connectivity index is 1.74. The molecule has 0 atom stereocenters. The molecule has 0 saturated heterocycles. The third-order valence-electron chi connectivity index (χ3n) is 5.38. The number of aromatic carboxylic acids is 1. The lowest BCUT2D eigenvalue weighted by atomic mass is 10.0. The molecule has 2 aromatic carbocycles. The highest BCUT2D eigenvalue weighted by molar-refractivity contribution is 7.90. The number of aryl methyl sites for hydroxylation is 1. The average molecular weight is 471 g/mol. The fourth-order valence-electron chi connectivity index (χ4n) is 3.77. The van der Waals surface area contributed by atoms with Crippen molar-refractivity contribution in [2.75, 3.05) is 5.32 Å². The first-order valence-electron chi connectivity index (χ1n) is 9.64. The van der Waals surface area contributed by atoms with Crippen molar-refractivity contribution >= 4 is 50.7 Å².